The number of aliphatic hydroxyl groups is 1. The minimum atomic E-state index is -1.09. The molecule has 0 saturated carbocycles. The summed E-state index contributed by atoms with van der Waals surface area (Å²) in [6.07, 6.45) is 0. The molecule has 0 saturated heterocycles. The third-order valence-electron chi connectivity index (χ3n) is 2.17. The van der Waals surface area contributed by atoms with Crippen LogP contribution in [-0.2, 0) is 5.60 Å². The second kappa shape index (κ2) is 2.08. The average Bonchev–Trinajstić information content (AvgIpc) is 2.25. The van der Waals surface area contributed by atoms with Gasteiger partial charge >= 0.3 is 0 Å². The third-order valence-corrected chi connectivity index (χ3v) is 2.17. The maximum absolute atomic E-state index is 9.86. The second-order valence-electron chi connectivity index (χ2n) is 3.09. The summed E-state index contributed by atoms with van der Waals surface area (Å²) < 4.78 is 0. The van der Waals surface area contributed by atoms with Crippen molar-refractivity contribution < 1.29 is 5.11 Å². The zero-order valence-electron chi connectivity index (χ0n) is 6.78. The Bertz CT molecular complexity index is 355. The molecule has 1 aliphatic heterocycles. The molecule has 0 fully saturated rings. The number of rotatable bonds is 0. The SMILES string of the molecule is CC1(O)C(N)=Nc2ccccc21. The molecule has 0 bridgehead atoms. The minimum absolute atomic E-state index is 0.267. The van der Waals surface area contributed by atoms with Gasteiger partial charge < -0.3 is 10.8 Å². The van der Waals surface area contributed by atoms with Crippen molar-refractivity contribution in [1.82, 2.24) is 0 Å². The van der Waals surface area contributed by atoms with E-state index in [1.54, 1.807) is 6.92 Å². The van der Waals surface area contributed by atoms with Crippen LogP contribution in [0.2, 0.25) is 0 Å². The molecule has 3 heteroatoms. The topological polar surface area (TPSA) is 58.6 Å². The molecular formula is C9H10N2O. The first-order valence-corrected chi connectivity index (χ1v) is 3.79. The molecule has 1 aromatic carbocycles. The van der Waals surface area contributed by atoms with Gasteiger partial charge in [-0.1, -0.05) is 18.2 Å². The summed E-state index contributed by atoms with van der Waals surface area (Å²) in [6, 6.07) is 7.40. The number of nitrogens with two attached hydrogens (primary N) is 1. The van der Waals surface area contributed by atoms with Gasteiger partial charge in [0.05, 0.1) is 5.69 Å². The van der Waals surface area contributed by atoms with Crippen molar-refractivity contribution in [2.24, 2.45) is 10.7 Å². The van der Waals surface area contributed by atoms with Crippen LogP contribution in [0.3, 0.4) is 0 Å². The van der Waals surface area contributed by atoms with Crippen LogP contribution < -0.4 is 5.73 Å². The van der Waals surface area contributed by atoms with Crippen molar-refractivity contribution in [3.63, 3.8) is 0 Å². The summed E-state index contributed by atoms with van der Waals surface area (Å²) in [5.41, 5.74) is 6.02. The quantitative estimate of drug-likeness (QED) is 0.595. The first kappa shape index (κ1) is 7.31. The summed E-state index contributed by atoms with van der Waals surface area (Å²) in [4.78, 5) is 4.05. The molecule has 1 aliphatic rings. The normalized spacial score (nSPS) is 26.7. The molecule has 0 amide bonds. The highest BCUT2D eigenvalue weighted by molar-refractivity contribution is 5.97. The monoisotopic (exact) mass is 162 g/mol. The van der Waals surface area contributed by atoms with E-state index >= 15 is 0 Å². The Morgan fingerprint density at radius 2 is 2.08 bits per heavy atom. The van der Waals surface area contributed by atoms with Crippen LogP contribution in [0, 0.1) is 0 Å². The van der Waals surface area contributed by atoms with Gasteiger partial charge in [-0.25, -0.2) is 4.99 Å². The van der Waals surface area contributed by atoms with Gasteiger partial charge in [0.2, 0.25) is 0 Å². The Morgan fingerprint density at radius 1 is 1.42 bits per heavy atom. The standard InChI is InChI=1S/C9H10N2O/c1-9(12)6-4-2-3-5-7(6)11-8(9)10/h2-5,12H,1H3,(H2,10,11). The van der Waals surface area contributed by atoms with Gasteiger partial charge in [-0.05, 0) is 13.0 Å². The lowest BCUT2D eigenvalue weighted by Gasteiger charge is -2.17. The van der Waals surface area contributed by atoms with E-state index in [-0.39, 0.29) is 5.84 Å². The van der Waals surface area contributed by atoms with Crippen molar-refractivity contribution in [3.8, 4) is 0 Å². The molecule has 2 rings (SSSR count). The van der Waals surface area contributed by atoms with Gasteiger partial charge in [-0.3, -0.25) is 0 Å². The highest BCUT2D eigenvalue weighted by atomic mass is 16.3. The van der Waals surface area contributed by atoms with Crippen molar-refractivity contribution in [3.05, 3.63) is 29.8 Å². The third kappa shape index (κ3) is 0.769. The van der Waals surface area contributed by atoms with Crippen LogP contribution in [-0.4, -0.2) is 10.9 Å². The van der Waals surface area contributed by atoms with Gasteiger partial charge in [-0.15, -0.1) is 0 Å². The lowest BCUT2D eigenvalue weighted by molar-refractivity contribution is 0.136. The number of aliphatic imine (C=N–C) groups is 1. The van der Waals surface area contributed by atoms with E-state index < -0.39 is 5.60 Å². The first-order valence-electron chi connectivity index (χ1n) is 3.79. The van der Waals surface area contributed by atoms with E-state index in [4.69, 9.17) is 5.73 Å². The second-order valence-corrected chi connectivity index (χ2v) is 3.09. The molecule has 12 heavy (non-hydrogen) atoms. The van der Waals surface area contributed by atoms with E-state index in [1.807, 2.05) is 24.3 Å². The molecule has 0 aliphatic carbocycles. The van der Waals surface area contributed by atoms with Crippen molar-refractivity contribution in [2.45, 2.75) is 12.5 Å². The molecular weight excluding hydrogens is 152 g/mol. The Hall–Kier alpha value is -1.35. The largest absolute Gasteiger partial charge is 0.384 e. The average molecular weight is 162 g/mol. The summed E-state index contributed by atoms with van der Waals surface area (Å²) in [6.45, 7) is 1.65. The number of hydrogen-bond donors (Lipinski definition) is 2. The molecule has 1 heterocycles. The van der Waals surface area contributed by atoms with Crippen LogP contribution >= 0.6 is 0 Å². The van der Waals surface area contributed by atoms with Gasteiger partial charge in [-0.2, -0.15) is 0 Å². The fourth-order valence-electron chi connectivity index (χ4n) is 1.36. The minimum Gasteiger partial charge on any atom is -0.384 e. The Morgan fingerprint density at radius 3 is 2.75 bits per heavy atom. The lowest BCUT2D eigenvalue weighted by atomic mass is 9.97. The van der Waals surface area contributed by atoms with Gasteiger partial charge in [0, 0.05) is 5.56 Å². The Kier molecular flexibility index (Phi) is 1.26. The van der Waals surface area contributed by atoms with E-state index in [0.29, 0.717) is 0 Å². The predicted octanol–water partition coefficient (Wildman–Crippen LogP) is 0.896. The fourth-order valence-corrected chi connectivity index (χ4v) is 1.36. The fraction of sp³-hybridized carbons (Fsp3) is 0.222. The van der Waals surface area contributed by atoms with Crippen LogP contribution in [0.4, 0.5) is 5.69 Å². The lowest BCUT2D eigenvalue weighted by Crippen LogP contribution is -2.35. The molecule has 0 aromatic heterocycles. The smallest absolute Gasteiger partial charge is 0.146 e. The highest BCUT2D eigenvalue weighted by Crippen LogP contribution is 2.36. The number of para-hydroxylation sites is 1. The van der Waals surface area contributed by atoms with E-state index in [1.165, 1.54) is 0 Å². The zero-order chi connectivity index (χ0) is 8.77. The van der Waals surface area contributed by atoms with Crippen LogP contribution in [0.15, 0.2) is 29.3 Å². The summed E-state index contributed by atoms with van der Waals surface area (Å²) in [5, 5.41) is 9.86. The molecule has 62 valence electrons. The summed E-state index contributed by atoms with van der Waals surface area (Å²) in [7, 11) is 0. The number of benzene rings is 1. The Balaban J connectivity index is 2.66. The number of amidine groups is 1. The van der Waals surface area contributed by atoms with Crippen molar-refractivity contribution in [1.29, 1.82) is 0 Å². The molecule has 3 N–H and O–H groups in total. The zero-order valence-corrected chi connectivity index (χ0v) is 6.78. The Labute approximate surface area is 70.5 Å². The number of nitrogens with zero attached hydrogens (tertiary/aromatic N) is 1. The molecule has 1 atom stereocenters. The summed E-state index contributed by atoms with van der Waals surface area (Å²) in [5.74, 6) is 0.267. The van der Waals surface area contributed by atoms with E-state index in [2.05, 4.69) is 4.99 Å². The maximum Gasteiger partial charge on any atom is 0.146 e. The molecule has 1 unspecified atom stereocenters. The van der Waals surface area contributed by atoms with Crippen LogP contribution in [0.25, 0.3) is 0 Å². The summed E-state index contributed by atoms with van der Waals surface area (Å²) >= 11 is 0. The molecule has 3 nitrogen and oxygen atoms in total. The number of fused-ring (bicyclic) bond motifs is 1. The predicted molar refractivity (Wildman–Crippen MR) is 47.3 cm³/mol. The van der Waals surface area contributed by atoms with Gasteiger partial charge in [0.1, 0.15) is 11.4 Å². The van der Waals surface area contributed by atoms with Crippen molar-refractivity contribution in [2.75, 3.05) is 0 Å². The molecule has 0 radical (unpaired) electrons. The van der Waals surface area contributed by atoms with Gasteiger partial charge in [0.15, 0.2) is 0 Å². The van der Waals surface area contributed by atoms with Crippen molar-refractivity contribution >= 4 is 11.5 Å². The van der Waals surface area contributed by atoms with Crippen LogP contribution in [0.5, 0.6) is 0 Å². The highest BCUT2D eigenvalue weighted by Gasteiger charge is 2.34. The maximum atomic E-state index is 9.86. The van der Waals surface area contributed by atoms with Gasteiger partial charge in [0.25, 0.3) is 0 Å². The van der Waals surface area contributed by atoms with E-state index in [9.17, 15) is 5.11 Å². The first-order chi connectivity index (χ1) is 5.62. The molecule has 0 spiro atoms. The van der Waals surface area contributed by atoms with Crippen LogP contribution in [0.1, 0.15) is 12.5 Å². The van der Waals surface area contributed by atoms with E-state index in [0.717, 1.165) is 11.3 Å². The number of hydrogen-bond acceptors (Lipinski definition) is 3. The molecule has 1 aromatic rings.